The zero-order valence-electron chi connectivity index (χ0n) is 19.4. The van der Waals surface area contributed by atoms with E-state index in [-0.39, 0.29) is 30.5 Å². The first kappa shape index (κ1) is 25.7. The first-order valence-corrected chi connectivity index (χ1v) is 13.0. The van der Waals surface area contributed by atoms with Gasteiger partial charge in [-0.3, -0.25) is 9.59 Å². The molecule has 0 saturated carbocycles. The second-order valence-corrected chi connectivity index (χ2v) is 10.1. The molecule has 34 heavy (non-hydrogen) atoms. The van der Waals surface area contributed by atoms with Gasteiger partial charge in [-0.2, -0.15) is 4.31 Å². The highest BCUT2D eigenvalue weighted by Gasteiger charge is 2.33. The Labute approximate surface area is 201 Å². The van der Waals surface area contributed by atoms with Gasteiger partial charge in [0, 0.05) is 19.6 Å². The molecule has 1 fully saturated rings. The molecule has 1 aliphatic rings. The Morgan fingerprint density at radius 2 is 1.71 bits per heavy atom. The smallest absolute Gasteiger partial charge is 0.309 e. The minimum Gasteiger partial charge on any atom is -0.494 e. The monoisotopic (exact) mass is 488 g/mol. The summed E-state index contributed by atoms with van der Waals surface area (Å²) in [6.45, 7) is 3.00. The van der Waals surface area contributed by atoms with Crippen molar-refractivity contribution in [2.24, 2.45) is 5.92 Å². The van der Waals surface area contributed by atoms with Crippen molar-refractivity contribution in [3.63, 3.8) is 0 Å². The highest BCUT2D eigenvalue weighted by molar-refractivity contribution is 7.89. The van der Waals surface area contributed by atoms with Gasteiger partial charge in [-0.05, 0) is 62.4 Å². The fraction of sp³-hybridized carbons (Fsp3) is 0.440. The second-order valence-electron chi connectivity index (χ2n) is 8.13. The van der Waals surface area contributed by atoms with E-state index in [1.165, 1.54) is 22.0 Å². The van der Waals surface area contributed by atoms with Crippen molar-refractivity contribution in [3.05, 3.63) is 60.2 Å². The maximum absolute atomic E-state index is 12.9. The Morgan fingerprint density at radius 3 is 2.35 bits per heavy atom. The van der Waals surface area contributed by atoms with E-state index in [1.54, 1.807) is 12.1 Å². The third kappa shape index (κ3) is 7.30. The first-order chi connectivity index (χ1) is 16.4. The van der Waals surface area contributed by atoms with Crippen molar-refractivity contribution in [3.8, 4) is 5.75 Å². The predicted molar refractivity (Wildman–Crippen MR) is 128 cm³/mol. The molecule has 0 bridgehead atoms. The number of aryl methyl sites for hydroxylation is 1. The lowest BCUT2D eigenvalue weighted by molar-refractivity contribution is -0.153. The lowest BCUT2D eigenvalue weighted by atomic mass is 9.98. The Bertz CT molecular complexity index is 1030. The third-order valence-corrected chi connectivity index (χ3v) is 7.63. The molecule has 9 heteroatoms. The van der Waals surface area contributed by atoms with Crippen molar-refractivity contribution in [2.75, 3.05) is 32.8 Å². The summed E-state index contributed by atoms with van der Waals surface area (Å²) < 4.78 is 37.7. The number of hydrogen-bond donors (Lipinski definition) is 1. The summed E-state index contributed by atoms with van der Waals surface area (Å²) in [6, 6.07) is 16.3. The standard InChI is InChI=1S/C25H32N2O6S/c1-2-32-22-10-12-23(13-11-22)34(30,31)27-17-14-21(15-18-27)25(29)33-19-24(28)26-16-6-9-20-7-4-3-5-8-20/h3-5,7-8,10-13,21H,2,6,9,14-19H2,1H3,(H,26,28). The van der Waals surface area contributed by atoms with Crippen molar-refractivity contribution in [2.45, 2.75) is 37.5 Å². The van der Waals surface area contributed by atoms with Crippen LogP contribution in [-0.2, 0) is 30.8 Å². The van der Waals surface area contributed by atoms with E-state index in [2.05, 4.69) is 5.32 Å². The number of piperidine rings is 1. The fourth-order valence-corrected chi connectivity index (χ4v) is 5.30. The van der Waals surface area contributed by atoms with E-state index in [1.807, 2.05) is 37.3 Å². The molecule has 0 spiro atoms. The molecule has 3 rings (SSSR count). The number of sulfonamides is 1. The highest BCUT2D eigenvalue weighted by atomic mass is 32.2. The summed E-state index contributed by atoms with van der Waals surface area (Å²) in [6.07, 6.45) is 2.37. The molecule has 1 heterocycles. The van der Waals surface area contributed by atoms with Gasteiger partial charge < -0.3 is 14.8 Å². The molecule has 0 atom stereocenters. The molecule has 1 aliphatic heterocycles. The Balaban J connectivity index is 1.37. The predicted octanol–water partition coefficient (Wildman–Crippen LogP) is 2.78. The van der Waals surface area contributed by atoms with Crippen LogP contribution in [0.15, 0.2) is 59.5 Å². The third-order valence-electron chi connectivity index (χ3n) is 5.71. The van der Waals surface area contributed by atoms with Gasteiger partial charge in [-0.25, -0.2) is 8.42 Å². The van der Waals surface area contributed by atoms with Gasteiger partial charge in [0.05, 0.1) is 17.4 Å². The molecule has 1 amide bonds. The van der Waals surface area contributed by atoms with Crippen LogP contribution in [0.25, 0.3) is 0 Å². The van der Waals surface area contributed by atoms with Crippen LogP contribution in [0.2, 0.25) is 0 Å². The van der Waals surface area contributed by atoms with Gasteiger partial charge >= 0.3 is 5.97 Å². The van der Waals surface area contributed by atoms with Crippen LogP contribution in [0.4, 0.5) is 0 Å². The molecule has 0 radical (unpaired) electrons. The van der Waals surface area contributed by atoms with Crippen LogP contribution >= 0.6 is 0 Å². The lowest BCUT2D eigenvalue weighted by Gasteiger charge is -2.30. The fourth-order valence-electron chi connectivity index (χ4n) is 3.83. The number of amides is 1. The average molecular weight is 489 g/mol. The molecule has 2 aromatic rings. The minimum absolute atomic E-state index is 0.195. The van der Waals surface area contributed by atoms with Crippen molar-refractivity contribution < 1.29 is 27.5 Å². The summed E-state index contributed by atoms with van der Waals surface area (Å²) >= 11 is 0. The van der Waals surface area contributed by atoms with E-state index in [4.69, 9.17) is 9.47 Å². The number of esters is 1. The van der Waals surface area contributed by atoms with Gasteiger partial charge in [-0.15, -0.1) is 0 Å². The van der Waals surface area contributed by atoms with Crippen LogP contribution in [0, 0.1) is 5.92 Å². The number of carbonyl (C=O) groups is 2. The van der Waals surface area contributed by atoms with Crippen LogP contribution in [0.3, 0.4) is 0 Å². The van der Waals surface area contributed by atoms with Gasteiger partial charge in [0.1, 0.15) is 5.75 Å². The van der Waals surface area contributed by atoms with E-state index < -0.39 is 21.9 Å². The molecule has 1 N–H and O–H groups in total. The number of benzene rings is 2. The Kier molecular flexibility index (Phi) is 9.47. The number of nitrogens with one attached hydrogen (secondary N) is 1. The molecular weight excluding hydrogens is 456 g/mol. The normalized spacial score (nSPS) is 15.0. The largest absolute Gasteiger partial charge is 0.494 e. The Morgan fingerprint density at radius 1 is 1.03 bits per heavy atom. The molecule has 1 saturated heterocycles. The molecule has 0 aliphatic carbocycles. The quantitative estimate of drug-likeness (QED) is 0.386. The van der Waals surface area contributed by atoms with Gasteiger partial charge in [-0.1, -0.05) is 30.3 Å². The van der Waals surface area contributed by atoms with E-state index >= 15 is 0 Å². The zero-order valence-corrected chi connectivity index (χ0v) is 20.3. The maximum atomic E-state index is 12.9. The zero-order chi connectivity index (χ0) is 24.4. The van der Waals surface area contributed by atoms with Crippen LogP contribution in [0.5, 0.6) is 5.75 Å². The van der Waals surface area contributed by atoms with Crippen molar-refractivity contribution in [1.82, 2.24) is 9.62 Å². The summed E-state index contributed by atoms with van der Waals surface area (Å²) in [7, 11) is -3.64. The van der Waals surface area contributed by atoms with Crippen molar-refractivity contribution >= 4 is 21.9 Å². The highest BCUT2D eigenvalue weighted by Crippen LogP contribution is 2.25. The first-order valence-electron chi connectivity index (χ1n) is 11.6. The van der Waals surface area contributed by atoms with Crippen molar-refractivity contribution in [1.29, 1.82) is 0 Å². The topological polar surface area (TPSA) is 102 Å². The summed E-state index contributed by atoms with van der Waals surface area (Å²) in [5, 5.41) is 2.76. The molecule has 184 valence electrons. The van der Waals surface area contributed by atoms with Gasteiger partial charge in [0.15, 0.2) is 6.61 Å². The lowest BCUT2D eigenvalue weighted by Crippen LogP contribution is -2.41. The Hall–Kier alpha value is -2.91. The maximum Gasteiger partial charge on any atom is 0.309 e. The number of ether oxygens (including phenoxy) is 2. The molecule has 8 nitrogen and oxygen atoms in total. The molecule has 2 aromatic carbocycles. The summed E-state index contributed by atoms with van der Waals surface area (Å²) in [5.74, 6) is -0.602. The van der Waals surface area contributed by atoms with Crippen LogP contribution < -0.4 is 10.1 Å². The van der Waals surface area contributed by atoms with E-state index in [0.717, 1.165) is 12.8 Å². The summed E-state index contributed by atoms with van der Waals surface area (Å²) in [4.78, 5) is 24.5. The number of carbonyl (C=O) groups excluding carboxylic acids is 2. The average Bonchev–Trinajstić information content (AvgIpc) is 2.86. The second kappa shape index (κ2) is 12.5. The molecule has 0 unspecified atom stereocenters. The van der Waals surface area contributed by atoms with Gasteiger partial charge in [0.25, 0.3) is 5.91 Å². The van der Waals surface area contributed by atoms with Crippen LogP contribution in [0.1, 0.15) is 31.7 Å². The number of rotatable bonds is 11. The molecular formula is C25H32N2O6S. The summed E-state index contributed by atoms with van der Waals surface area (Å²) in [5.41, 5.74) is 1.21. The van der Waals surface area contributed by atoms with E-state index in [9.17, 15) is 18.0 Å². The number of hydrogen-bond acceptors (Lipinski definition) is 6. The number of nitrogens with zero attached hydrogens (tertiary/aromatic N) is 1. The van der Waals surface area contributed by atoms with Gasteiger partial charge in [0.2, 0.25) is 10.0 Å². The molecule has 0 aromatic heterocycles. The van der Waals surface area contributed by atoms with E-state index in [0.29, 0.717) is 31.7 Å². The van der Waals surface area contributed by atoms with Crippen LogP contribution in [-0.4, -0.2) is 57.4 Å². The SMILES string of the molecule is CCOc1ccc(S(=O)(=O)N2CCC(C(=O)OCC(=O)NCCCc3ccccc3)CC2)cc1. The minimum atomic E-state index is -3.64.